The molecule has 0 heterocycles. The van der Waals surface area contributed by atoms with Gasteiger partial charge in [-0.1, -0.05) is 0 Å². The maximum Gasteiger partial charge on any atom is 0.366 e. The van der Waals surface area contributed by atoms with Crippen molar-refractivity contribution in [2.24, 2.45) is 0 Å². The minimum atomic E-state index is -2.49. The van der Waals surface area contributed by atoms with Crippen LogP contribution in [0.2, 0.25) is 0 Å². The molecule has 7 heteroatoms. The molecule has 0 rings (SSSR count). The molecule has 0 amide bonds. The van der Waals surface area contributed by atoms with Crippen LogP contribution in [0.25, 0.3) is 0 Å². The number of aliphatic carboxylic acids is 1. The molecule has 0 saturated carbocycles. The molecule has 0 aromatic carbocycles. The van der Waals surface area contributed by atoms with Crippen molar-refractivity contribution in [1.29, 1.82) is 0 Å². The summed E-state index contributed by atoms with van der Waals surface area (Å²) in [5, 5.41) is 23.9. The summed E-state index contributed by atoms with van der Waals surface area (Å²) in [6.45, 7) is 0.801. The number of hydrogen-bond acceptors (Lipinski definition) is 5. The van der Waals surface area contributed by atoms with Crippen molar-refractivity contribution in [3.63, 3.8) is 0 Å². The van der Waals surface area contributed by atoms with Crippen molar-refractivity contribution in [3.05, 3.63) is 0 Å². The van der Waals surface area contributed by atoms with Gasteiger partial charge in [0.05, 0.1) is 0 Å². The SMILES string of the molecule is CC(O)(OO)C(=O)O.N.[Ti]. The van der Waals surface area contributed by atoms with E-state index in [1.54, 1.807) is 0 Å². The minimum Gasteiger partial charge on any atom is -0.477 e. The van der Waals surface area contributed by atoms with E-state index < -0.39 is 11.8 Å². The van der Waals surface area contributed by atoms with Crippen molar-refractivity contribution in [1.82, 2.24) is 6.15 Å². The molecule has 1 unspecified atom stereocenters. The Morgan fingerprint density at radius 1 is 1.60 bits per heavy atom. The first-order chi connectivity index (χ1) is 3.50. The molecule has 0 radical (unpaired) electrons. The van der Waals surface area contributed by atoms with Crippen LogP contribution in [0.4, 0.5) is 0 Å². The molecule has 0 saturated heterocycles. The van der Waals surface area contributed by atoms with Gasteiger partial charge < -0.3 is 16.4 Å². The zero-order valence-electron chi connectivity index (χ0n) is 5.37. The van der Waals surface area contributed by atoms with Crippen molar-refractivity contribution in [3.8, 4) is 0 Å². The third kappa shape index (κ3) is 4.86. The second kappa shape index (κ2) is 5.78. The summed E-state index contributed by atoms with van der Waals surface area (Å²) >= 11 is 0. The number of carbonyl (C=O) groups is 1. The van der Waals surface area contributed by atoms with Crippen LogP contribution in [-0.4, -0.2) is 27.2 Å². The van der Waals surface area contributed by atoms with E-state index in [0.29, 0.717) is 0 Å². The molecule has 60 valence electrons. The molecule has 0 aliphatic rings. The fourth-order valence-electron chi connectivity index (χ4n) is 0.0390. The van der Waals surface area contributed by atoms with Gasteiger partial charge in [-0.3, -0.25) is 0 Å². The standard InChI is InChI=1S/C3H6O5.H3N.Ti/c1-3(6,8-7)2(4)5;;/h6-7H,1H3,(H,4,5);1H3;. The Morgan fingerprint density at radius 2 is 1.90 bits per heavy atom. The first-order valence-electron chi connectivity index (χ1n) is 1.79. The zero-order valence-corrected chi connectivity index (χ0v) is 6.93. The first-order valence-corrected chi connectivity index (χ1v) is 1.79. The number of aliphatic hydroxyl groups is 1. The average molecular weight is 187 g/mol. The van der Waals surface area contributed by atoms with E-state index >= 15 is 0 Å². The maximum atomic E-state index is 9.72. The van der Waals surface area contributed by atoms with E-state index in [4.69, 9.17) is 15.5 Å². The van der Waals surface area contributed by atoms with Crippen LogP contribution in [0.5, 0.6) is 0 Å². The van der Waals surface area contributed by atoms with E-state index in [2.05, 4.69) is 4.89 Å². The van der Waals surface area contributed by atoms with E-state index in [0.717, 1.165) is 6.92 Å². The molecule has 0 aromatic heterocycles. The number of carboxylic acid groups (broad SMARTS) is 1. The molecule has 0 aliphatic heterocycles. The van der Waals surface area contributed by atoms with E-state index in [9.17, 15) is 4.79 Å². The van der Waals surface area contributed by atoms with Crippen molar-refractivity contribution < 1.29 is 46.9 Å². The number of hydrogen-bond donors (Lipinski definition) is 4. The molecule has 0 spiro atoms. The van der Waals surface area contributed by atoms with Gasteiger partial charge in [-0.15, -0.1) is 0 Å². The van der Waals surface area contributed by atoms with Gasteiger partial charge in [0.25, 0.3) is 5.79 Å². The summed E-state index contributed by atoms with van der Waals surface area (Å²) in [6, 6.07) is 0. The molecular weight excluding hydrogens is 178 g/mol. The van der Waals surface area contributed by atoms with Gasteiger partial charge in [-0.05, 0) is 0 Å². The van der Waals surface area contributed by atoms with Gasteiger partial charge in [0.2, 0.25) is 0 Å². The molecular formula is C3H9NO5Ti. The molecule has 10 heavy (non-hydrogen) atoms. The van der Waals surface area contributed by atoms with Gasteiger partial charge in [0.1, 0.15) is 0 Å². The normalized spacial score (nSPS) is 13.9. The van der Waals surface area contributed by atoms with Gasteiger partial charge >= 0.3 is 5.97 Å². The van der Waals surface area contributed by atoms with Gasteiger partial charge in [0.15, 0.2) is 0 Å². The topological polar surface area (TPSA) is 122 Å². The maximum absolute atomic E-state index is 9.72. The Bertz CT molecular complexity index is 105. The zero-order chi connectivity index (χ0) is 6.78. The predicted octanol–water partition coefficient (Wildman–Crippen LogP) is -0.571. The summed E-state index contributed by atoms with van der Waals surface area (Å²) < 4.78 is 0. The molecule has 1 atom stereocenters. The molecule has 6 nitrogen and oxygen atoms in total. The van der Waals surface area contributed by atoms with Gasteiger partial charge in [-0.2, -0.15) is 4.89 Å². The average Bonchev–Trinajstić information content (AvgIpc) is 1.67. The third-order valence-corrected chi connectivity index (χ3v) is 0.575. The van der Waals surface area contributed by atoms with Crippen molar-refractivity contribution >= 4 is 5.97 Å². The predicted molar refractivity (Wildman–Crippen MR) is 27.0 cm³/mol. The van der Waals surface area contributed by atoms with E-state index in [-0.39, 0.29) is 27.9 Å². The fourth-order valence-corrected chi connectivity index (χ4v) is 0.0390. The Kier molecular flexibility index (Phi) is 9.57. The Labute approximate surface area is 72.2 Å². The minimum absolute atomic E-state index is 0. The number of rotatable bonds is 2. The van der Waals surface area contributed by atoms with Crippen molar-refractivity contribution in [2.45, 2.75) is 12.7 Å². The summed E-state index contributed by atoms with van der Waals surface area (Å²) in [6.07, 6.45) is 0. The van der Waals surface area contributed by atoms with Crippen LogP contribution in [0, 0.1) is 0 Å². The number of carboxylic acids is 1. The van der Waals surface area contributed by atoms with E-state index in [1.807, 2.05) is 0 Å². The molecule has 0 bridgehead atoms. The Hall–Kier alpha value is 0.0243. The largest absolute Gasteiger partial charge is 0.477 e. The van der Waals surface area contributed by atoms with Gasteiger partial charge in [-0.25, -0.2) is 10.1 Å². The second-order valence-electron chi connectivity index (χ2n) is 1.38. The Balaban J connectivity index is -0.000000245. The quantitative estimate of drug-likeness (QED) is 0.198. The van der Waals surface area contributed by atoms with Crippen LogP contribution in [0.3, 0.4) is 0 Å². The molecule has 6 N–H and O–H groups in total. The van der Waals surface area contributed by atoms with Crippen LogP contribution >= 0.6 is 0 Å². The summed E-state index contributed by atoms with van der Waals surface area (Å²) in [5.41, 5.74) is 0. The molecule has 0 aliphatic carbocycles. The monoisotopic (exact) mass is 187 g/mol. The molecule has 0 aromatic rings. The second-order valence-corrected chi connectivity index (χ2v) is 1.38. The summed E-state index contributed by atoms with van der Waals surface area (Å²) in [4.78, 5) is 12.9. The first kappa shape index (κ1) is 16.5. The van der Waals surface area contributed by atoms with Crippen molar-refractivity contribution in [2.75, 3.05) is 0 Å². The smallest absolute Gasteiger partial charge is 0.366 e. The third-order valence-electron chi connectivity index (χ3n) is 0.575. The molecule has 0 fully saturated rings. The van der Waals surface area contributed by atoms with E-state index in [1.165, 1.54) is 0 Å². The summed E-state index contributed by atoms with van der Waals surface area (Å²) in [5.74, 6) is -4.12. The Morgan fingerprint density at radius 3 is 1.90 bits per heavy atom. The van der Waals surface area contributed by atoms with Crippen LogP contribution in [-0.2, 0) is 31.4 Å². The summed E-state index contributed by atoms with van der Waals surface area (Å²) in [7, 11) is 0. The van der Waals surface area contributed by atoms with Crippen LogP contribution in [0.15, 0.2) is 0 Å². The van der Waals surface area contributed by atoms with Crippen LogP contribution < -0.4 is 6.15 Å². The fraction of sp³-hybridized carbons (Fsp3) is 0.667. The van der Waals surface area contributed by atoms with Gasteiger partial charge in [0, 0.05) is 28.6 Å². The van der Waals surface area contributed by atoms with Crippen LogP contribution in [0.1, 0.15) is 6.92 Å².